The molecular weight excluding hydrogens is 200 g/mol. The van der Waals surface area contributed by atoms with Crippen molar-refractivity contribution in [2.45, 2.75) is 57.4 Å². The predicted octanol–water partition coefficient (Wildman–Crippen LogP) is 2.69. The normalized spacial score (nSPS) is 21.0. The van der Waals surface area contributed by atoms with Gasteiger partial charge in [-0.1, -0.05) is 12.8 Å². The summed E-state index contributed by atoms with van der Waals surface area (Å²) in [6.45, 7) is 0. The number of aldehydes is 1. The molecule has 0 atom stereocenters. The molecule has 3 heteroatoms. The highest BCUT2D eigenvalue weighted by Gasteiger charge is 2.25. The van der Waals surface area contributed by atoms with Crippen LogP contribution >= 0.6 is 0 Å². The topological polar surface area (TPSA) is 34.9 Å². The lowest BCUT2D eigenvalue weighted by atomic mass is 9.96. The second-order valence-electron chi connectivity index (χ2n) is 5.02. The van der Waals surface area contributed by atoms with Gasteiger partial charge in [0.05, 0.1) is 11.7 Å². The Morgan fingerprint density at radius 3 is 2.62 bits per heavy atom. The fourth-order valence-electron chi connectivity index (χ4n) is 3.15. The minimum atomic E-state index is 0.491. The van der Waals surface area contributed by atoms with Crippen molar-refractivity contribution in [1.29, 1.82) is 0 Å². The summed E-state index contributed by atoms with van der Waals surface area (Å²) >= 11 is 0. The molecular formula is C13H18N2O. The van der Waals surface area contributed by atoms with Crippen LogP contribution in [-0.2, 0) is 12.8 Å². The third-order valence-corrected chi connectivity index (χ3v) is 4.01. The van der Waals surface area contributed by atoms with Crippen molar-refractivity contribution in [1.82, 2.24) is 9.78 Å². The average molecular weight is 218 g/mol. The first kappa shape index (κ1) is 10.1. The number of nitrogens with zero attached hydrogens (tertiary/aromatic N) is 2. The Balaban J connectivity index is 2.03. The number of hydrogen-bond donors (Lipinski definition) is 0. The average Bonchev–Trinajstić information content (AvgIpc) is 2.95. The van der Waals surface area contributed by atoms with Crippen LogP contribution in [0.4, 0.5) is 0 Å². The largest absolute Gasteiger partial charge is 0.296 e. The van der Waals surface area contributed by atoms with Crippen LogP contribution in [-0.4, -0.2) is 16.1 Å². The van der Waals surface area contributed by atoms with Gasteiger partial charge in [-0.2, -0.15) is 5.10 Å². The highest BCUT2D eigenvalue weighted by atomic mass is 16.1. The molecule has 0 bridgehead atoms. The Labute approximate surface area is 95.8 Å². The smallest absolute Gasteiger partial charge is 0.168 e. The fraction of sp³-hybridized carbons (Fsp3) is 0.692. The molecule has 2 aliphatic rings. The van der Waals surface area contributed by atoms with Gasteiger partial charge in [-0.15, -0.1) is 0 Å². The van der Waals surface area contributed by atoms with Gasteiger partial charge in [-0.05, 0) is 38.5 Å². The SMILES string of the molecule is O=Cc1c2c(nn1C1CCCC1)CCCC2. The molecule has 0 unspecified atom stereocenters. The van der Waals surface area contributed by atoms with Crippen molar-refractivity contribution in [2.75, 3.05) is 0 Å². The Kier molecular flexibility index (Phi) is 2.54. The van der Waals surface area contributed by atoms with Crippen molar-refractivity contribution in [2.24, 2.45) is 0 Å². The van der Waals surface area contributed by atoms with Gasteiger partial charge in [0.2, 0.25) is 0 Å². The van der Waals surface area contributed by atoms with Crippen LogP contribution in [0.1, 0.15) is 66.3 Å². The number of carbonyl (C=O) groups is 1. The highest BCUT2D eigenvalue weighted by Crippen LogP contribution is 2.33. The summed E-state index contributed by atoms with van der Waals surface area (Å²) in [5.41, 5.74) is 3.31. The lowest BCUT2D eigenvalue weighted by Crippen LogP contribution is -2.10. The van der Waals surface area contributed by atoms with E-state index in [2.05, 4.69) is 5.10 Å². The van der Waals surface area contributed by atoms with E-state index >= 15 is 0 Å². The summed E-state index contributed by atoms with van der Waals surface area (Å²) in [6, 6.07) is 0.491. The molecule has 2 aliphatic carbocycles. The first-order chi connectivity index (χ1) is 7.90. The van der Waals surface area contributed by atoms with E-state index in [0.717, 1.165) is 24.8 Å². The molecule has 3 nitrogen and oxygen atoms in total. The summed E-state index contributed by atoms with van der Waals surface area (Å²) in [5.74, 6) is 0. The van der Waals surface area contributed by atoms with Crippen molar-refractivity contribution in [3.63, 3.8) is 0 Å². The van der Waals surface area contributed by atoms with E-state index in [1.165, 1.54) is 49.8 Å². The maximum absolute atomic E-state index is 11.3. The Morgan fingerprint density at radius 1 is 1.12 bits per heavy atom. The molecule has 0 aromatic carbocycles. The van der Waals surface area contributed by atoms with Crippen molar-refractivity contribution < 1.29 is 4.79 Å². The maximum atomic E-state index is 11.3. The molecule has 0 N–H and O–H groups in total. The van der Waals surface area contributed by atoms with Crippen LogP contribution in [0.15, 0.2) is 0 Å². The van der Waals surface area contributed by atoms with E-state index in [1.54, 1.807) is 0 Å². The molecule has 1 aromatic rings. The monoisotopic (exact) mass is 218 g/mol. The molecule has 0 radical (unpaired) electrons. The van der Waals surface area contributed by atoms with Crippen LogP contribution in [0, 0.1) is 0 Å². The van der Waals surface area contributed by atoms with Crippen molar-refractivity contribution >= 4 is 6.29 Å². The molecule has 1 fully saturated rings. The number of carbonyl (C=O) groups excluding carboxylic acids is 1. The summed E-state index contributed by atoms with van der Waals surface area (Å²) in [7, 11) is 0. The van der Waals surface area contributed by atoms with Crippen LogP contribution in [0.3, 0.4) is 0 Å². The van der Waals surface area contributed by atoms with Crippen molar-refractivity contribution in [3.05, 3.63) is 17.0 Å². The van der Waals surface area contributed by atoms with Gasteiger partial charge in [0.1, 0.15) is 5.69 Å². The lowest BCUT2D eigenvalue weighted by molar-refractivity contribution is 0.111. The predicted molar refractivity (Wildman–Crippen MR) is 61.8 cm³/mol. The number of rotatable bonds is 2. The number of aromatic nitrogens is 2. The van der Waals surface area contributed by atoms with Gasteiger partial charge in [0.15, 0.2) is 6.29 Å². The zero-order chi connectivity index (χ0) is 11.0. The molecule has 0 amide bonds. The lowest BCUT2D eigenvalue weighted by Gasteiger charge is -2.11. The van der Waals surface area contributed by atoms with Gasteiger partial charge in [-0.3, -0.25) is 9.48 Å². The summed E-state index contributed by atoms with van der Waals surface area (Å²) < 4.78 is 2.04. The summed E-state index contributed by atoms with van der Waals surface area (Å²) in [6.07, 6.45) is 10.5. The molecule has 0 spiro atoms. The Bertz CT molecular complexity index is 402. The van der Waals surface area contributed by atoms with E-state index in [0.29, 0.717) is 6.04 Å². The second-order valence-corrected chi connectivity index (χ2v) is 5.02. The number of aryl methyl sites for hydroxylation is 1. The quantitative estimate of drug-likeness (QED) is 0.715. The van der Waals surface area contributed by atoms with Crippen LogP contribution in [0.25, 0.3) is 0 Å². The number of fused-ring (bicyclic) bond motifs is 1. The fourth-order valence-corrected chi connectivity index (χ4v) is 3.15. The third kappa shape index (κ3) is 1.49. The van der Waals surface area contributed by atoms with E-state index in [1.807, 2.05) is 4.68 Å². The first-order valence-electron chi connectivity index (χ1n) is 6.45. The van der Waals surface area contributed by atoms with Gasteiger partial charge in [0.25, 0.3) is 0 Å². The van der Waals surface area contributed by atoms with Crippen LogP contribution in [0.5, 0.6) is 0 Å². The molecule has 0 aliphatic heterocycles. The molecule has 1 aromatic heterocycles. The molecule has 1 saturated carbocycles. The standard InChI is InChI=1S/C13H18N2O/c16-9-13-11-7-3-4-8-12(11)14-15(13)10-5-1-2-6-10/h9-10H,1-8H2. The Morgan fingerprint density at radius 2 is 1.88 bits per heavy atom. The minimum Gasteiger partial charge on any atom is -0.296 e. The molecule has 3 rings (SSSR count). The van der Waals surface area contributed by atoms with Crippen LogP contribution in [0.2, 0.25) is 0 Å². The first-order valence-corrected chi connectivity index (χ1v) is 6.45. The summed E-state index contributed by atoms with van der Waals surface area (Å²) in [4.78, 5) is 11.3. The van der Waals surface area contributed by atoms with E-state index in [4.69, 9.17) is 0 Å². The van der Waals surface area contributed by atoms with Gasteiger partial charge >= 0.3 is 0 Å². The van der Waals surface area contributed by atoms with E-state index in [9.17, 15) is 4.79 Å². The zero-order valence-corrected chi connectivity index (χ0v) is 9.61. The van der Waals surface area contributed by atoms with Gasteiger partial charge < -0.3 is 0 Å². The highest BCUT2D eigenvalue weighted by molar-refractivity contribution is 5.75. The van der Waals surface area contributed by atoms with Gasteiger partial charge in [0, 0.05) is 5.56 Å². The van der Waals surface area contributed by atoms with Crippen molar-refractivity contribution in [3.8, 4) is 0 Å². The zero-order valence-electron chi connectivity index (χ0n) is 9.61. The Hall–Kier alpha value is -1.12. The van der Waals surface area contributed by atoms with Crippen LogP contribution < -0.4 is 0 Å². The van der Waals surface area contributed by atoms with E-state index < -0.39 is 0 Å². The molecule has 86 valence electrons. The number of hydrogen-bond acceptors (Lipinski definition) is 2. The third-order valence-electron chi connectivity index (χ3n) is 4.01. The second kappa shape index (κ2) is 4.04. The maximum Gasteiger partial charge on any atom is 0.168 e. The molecule has 1 heterocycles. The van der Waals surface area contributed by atoms with E-state index in [-0.39, 0.29) is 0 Å². The summed E-state index contributed by atoms with van der Waals surface area (Å²) in [5, 5.41) is 4.69. The molecule has 0 saturated heterocycles. The molecule has 16 heavy (non-hydrogen) atoms. The minimum absolute atomic E-state index is 0.491. The van der Waals surface area contributed by atoms with Gasteiger partial charge in [-0.25, -0.2) is 0 Å².